The second kappa shape index (κ2) is 11.9. The molecule has 3 aromatic rings. The first-order valence-corrected chi connectivity index (χ1v) is 13.3. The number of benzene rings is 2. The van der Waals surface area contributed by atoms with Gasteiger partial charge in [-0.25, -0.2) is 13.1 Å². The van der Waals surface area contributed by atoms with Gasteiger partial charge < -0.3 is 15.2 Å². The molecule has 1 aliphatic heterocycles. The molecule has 2 N–H and O–H groups in total. The highest BCUT2D eigenvalue weighted by atomic mass is 35.5. The fraction of sp³-hybridized carbons (Fsp3) is 0.250. The third-order valence-corrected chi connectivity index (χ3v) is 7.68. The van der Waals surface area contributed by atoms with Crippen LogP contribution in [-0.4, -0.2) is 55.6 Å². The summed E-state index contributed by atoms with van der Waals surface area (Å²) in [5.41, 5.74) is 2.52. The van der Waals surface area contributed by atoms with Gasteiger partial charge >= 0.3 is 0 Å². The number of aromatic nitrogens is 2. The van der Waals surface area contributed by atoms with Crippen molar-refractivity contribution >= 4 is 44.9 Å². The Balaban J connectivity index is 1.59. The van der Waals surface area contributed by atoms with E-state index in [0.29, 0.717) is 17.1 Å². The summed E-state index contributed by atoms with van der Waals surface area (Å²) in [6, 6.07) is 15.9. The van der Waals surface area contributed by atoms with Gasteiger partial charge in [-0.2, -0.15) is 5.10 Å². The maximum absolute atomic E-state index is 12.8. The van der Waals surface area contributed by atoms with Crippen LogP contribution in [0.5, 0.6) is 0 Å². The Bertz CT molecular complexity index is 1310. The molecular formula is C24H24ClN3O5S2. The molecule has 35 heavy (non-hydrogen) atoms. The monoisotopic (exact) mass is 533 g/mol. The third-order valence-electron chi connectivity index (χ3n) is 5.28. The normalized spacial score (nSPS) is 15.4. The van der Waals surface area contributed by atoms with E-state index in [2.05, 4.69) is 16.5 Å². The fourth-order valence-electron chi connectivity index (χ4n) is 3.64. The molecule has 11 heteroatoms. The van der Waals surface area contributed by atoms with Crippen LogP contribution in [0.15, 0.2) is 65.6 Å². The van der Waals surface area contributed by atoms with E-state index in [1.54, 1.807) is 46.8 Å². The summed E-state index contributed by atoms with van der Waals surface area (Å²) >= 11 is 8.04. The summed E-state index contributed by atoms with van der Waals surface area (Å²) in [5, 5.41) is 16.6. The first-order valence-electron chi connectivity index (χ1n) is 10.9. The Morgan fingerprint density at radius 3 is 2.80 bits per heavy atom. The third kappa shape index (κ3) is 6.14. The van der Waals surface area contributed by atoms with Crippen molar-refractivity contribution in [1.29, 1.82) is 0 Å². The number of carbonyl (C=O) groups excluding carboxylic acids is 1. The summed E-state index contributed by atoms with van der Waals surface area (Å²) in [5.74, 6) is -0.350. The molecule has 1 amide bonds. The lowest BCUT2D eigenvalue weighted by atomic mass is 10.1. The smallest absolute Gasteiger partial charge is 0.271 e. The molecule has 0 saturated heterocycles. The van der Waals surface area contributed by atoms with Gasteiger partial charge in [-0.05, 0) is 42.3 Å². The van der Waals surface area contributed by atoms with Gasteiger partial charge in [-0.1, -0.05) is 41.9 Å². The van der Waals surface area contributed by atoms with Crippen LogP contribution in [0, 0.1) is 0 Å². The molecule has 0 aliphatic carbocycles. The molecule has 1 unspecified atom stereocenters. The van der Waals surface area contributed by atoms with E-state index < -0.39 is 10.7 Å². The number of thiol groups is 1. The molecule has 0 spiro atoms. The molecule has 1 aromatic heterocycles. The Hall–Kier alpha value is -2.63. The molecule has 1 aliphatic rings. The van der Waals surface area contributed by atoms with Crippen molar-refractivity contribution in [3.8, 4) is 5.69 Å². The number of para-hydroxylation sites is 1. The first-order chi connectivity index (χ1) is 17.0. The van der Waals surface area contributed by atoms with Crippen LogP contribution in [0.3, 0.4) is 0 Å². The van der Waals surface area contributed by atoms with Crippen LogP contribution in [-0.2, 0) is 15.4 Å². The van der Waals surface area contributed by atoms with E-state index in [4.69, 9.17) is 21.4 Å². The average molecular weight is 534 g/mol. The number of aliphatic hydroxyl groups is 1. The number of allylic oxidation sites excluding steroid dienone is 1. The number of rotatable bonds is 10. The van der Waals surface area contributed by atoms with E-state index >= 15 is 0 Å². The van der Waals surface area contributed by atoms with Gasteiger partial charge in [0.1, 0.15) is 0 Å². The van der Waals surface area contributed by atoms with Crippen LogP contribution >= 0.6 is 23.4 Å². The number of halogens is 1. The largest absolute Gasteiger partial charge is 0.394 e. The highest BCUT2D eigenvalue weighted by molar-refractivity contribution is 8.08. The van der Waals surface area contributed by atoms with Gasteiger partial charge in [0.25, 0.3) is 5.91 Å². The van der Waals surface area contributed by atoms with Gasteiger partial charge in [-0.15, -0.1) is 11.8 Å². The highest BCUT2D eigenvalue weighted by Crippen LogP contribution is 2.48. The number of aliphatic hydroxyl groups excluding tert-OH is 1. The van der Waals surface area contributed by atoms with Crippen LogP contribution < -0.4 is 5.32 Å². The van der Waals surface area contributed by atoms with Crippen LogP contribution in [0.1, 0.15) is 33.4 Å². The lowest BCUT2D eigenvalue weighted by Gasteiger charge is -2.13. The number of nitrogens with one attached hydrogen (secondary N) is 1. The van der Waals surface area contributed by atoms with Crippen LogP contribution in [0.25, 0.3) is 10.6 Å². The van der Waals surface area contributed by atoms with E-state index in [-0.39, 0.29) is 48.1 Å². The zero-order valence-electron chi connectivity index (χ0n) is 18.6. The molecular weight excluding hydrogens is 510 g/mol. The van der Waals surface area contributed by atoms with Crippen molar-refractivity contribution in [3.63, 3.8) is 0 Å². The van der Waals surface area contributed by atoms with Gasteiger partial charge in [-0.3, -0.25) is 4.79 Å². The van der Waals surface area contributed by atoms with Gasteiger partial charge in [0.15, 0.2) is 16.4 Å². The van der Waals surface area contributed by atoms with Crippen molar-refractivity contribution in [3.05, 3.63) is 82.6 Å². The molecule has 0 fully saturated rings. The number of amides is 1. The summed E-state index contributed by atoms with van der Waals surface area (Å²) < 4.78 is 29.7. The van der Waals surface area contributed by atoms with E-state index in [9.17, 15) is 13.2 Å². The van der Waals surface area contributed by atoms with Gasteiger partial charge in [0.05, 0.1) is 41.1 Å². The van der Waals surface area contributed by atoms with Crippen molar-refractivity contribution in [2.45, 2.75) is 16.6 Å². The summed E-state index contributed by atoms with van der Waals surface area (Å²) in [7, 11) is -2.65. The maximum atomic E-state index is 12.8. The van der Waals surface area contributed by atoms with Crippen molar-refractivity contribution in [2.24, 2.45) is 0 Å². The quantitative estimate of drug-likeness (QED) is 0.270. The molecule has 0 saturated carbocycles. The summed E-state index contributed by atoms with van der Waals surface area (Å²) in [6.45, 7) is 0.695. The number of nitrogens with zero attached hydrogens (tertiary/aromatic N) is 2. The van der Waals surface area contributed by atoms with Gasteiger partial charge in [0.2, 0.25) is 0 Å². The zero-order valence-corrected chi connectivity index (χ0v) is 21.1. The van der Waals surface area contributed by atoms with Crippen LogP contribution in [0.2, 0.25) is 5.02 Å². The zero-order chi connectivity index (χ0) is 24.8. The molecule has 184 valence electrons. The fourth-order valence-corrected chi connectivity index (χ4v) is 5.56. The molecule has 0 radical (unpaired) electrons. The topological polar surface area (TPSA) is 111 Å². The van der Waals surface area contributed by atoms with Crippen molar-refractivity contribution in [1.82, 2.24) is 15.1 Å². The minimum absolute atomic E-state index is 0.0374. The lowest BCUT2D eigenvalue weighted by molar-refractivity contribution is 0.0835. The number of carbonyl (C=O) groups is 1. The second-order valence-electron chi connectivity index (χ2n) is 7.63. The Morgan fingerprint density at radius 1 is 1.20 bits per heavy atom. The predicted molar refractivity (Wildman–Crippen MR) is 137 cm³/mol. The Morgan fingerprint density at radius 2 is 2.03 bits per heavy atom. The molecule has 2 heterocycles. The number of hydrogen-bond acceptors (Lipinski definition) is 7. The molecule has 1 atom stereocenters. The minimum Gasteiger partial charge on any atom is -0.394 e. The average Bonchev–Trinajstić information content (AvgIpc) is 3.52. The van der Waals surface area contributed by atoms with E-state index in [1.807, 2.05) is 24.3 Å². The summed E-state index contributed by atoms with van der Waals surface area (Å²) in [4.78, 5) is 14.0. The molecule has 4 rings (SSSR count). The SMILES string of the molecule is O=C(NCCOCCO)c1cc(C2=CCC(c3cccc([SH](=O)=O)c3)S2)n(-c2ccccc2Cl)n1. The lowest BCUT2D eigenvalue weighted by Crippen LogP contribution is -2.28. The first kappa shape index (κ1) is 25.5. The summed E-state index contributed by atoms with van der Waals surface area (Å²) in [6.07, 6.45) is 2.77. The second-order valence-corrected chi connectivity index (χ2v) is 10.3. The van der Waals surface area contributed by atoms with Crippen molar-refractivity contribution < 1.29 is 23.1 Å². The number of thioether (sulfide) groups is 1. The molecule has 0 bridgehead atoms. The predicted octanol–water partition coefficient (Wildman–Crippen LogP) is 3.45. The van der Waals surface area contributed by atoms with Crippen molar-refractivity contribution in [2.75, 3.05) is 26.4 Å². The Labute approximate surface area is 213 Å². The molecule has 8 nitrogen and oxygen atoms in total. The standard InChI is InChI=1S/C24H24ClN3O5S2/c25-18-6-1-2-7-20(18)28-21(15-19(27-28)24(30)26-10-12-33-13-11-29)23-9-8-22(34-23)16-4-3-5-17(14-16)35(31)32/h1-7,9,14-15,22,29,35H,8,10-13H2,(H,26,30). The van der Waals surface area contributed by atoms with E-state index in [1.165, 1.54) is 0 Å². The number of ether oxygens (including phenoxy) is 1. The molecule has 2 aromatic carbocycles. The Kier molecular flexibility index (Phi) is 8.64. The minimum atomic E-state index is -2.65. The van der Waals surface area contributed by atoms with Gasteiger partial charge in [0, 0.05) is 16.7 Å². The van der Waals surface area contributed by atoms with E-state index in [0.717, 1.165) is 16.2 Å². The maximum Gasteiger partial charge on any atom is 0.271 e. The highest BCUT2D eigenvalue weighted by Gasteiger charge is 2.26. The number of hydrogen-bond donors (Lipinski definition) is 3. The van der Waals surface area contributed by atoms with Crippen LogP contribution in [0.4, 0.5) is 0 Å².